The van der Waals surface area contributed by atoms with E-state index in [4.69, 9.17) is 0 Å². The van der Waals surface area contributed by atoms with Crippen molar-refractivity contribution in [2.24, 2.45) is 0 Å². The average Bonchev–Trinajstić information content (AvgIpc) is 2.45. The summed E-state index contributed by atoms with van der Waals surface area (Å²) in [4.78, 5) is 0. The Morgan fingerprint density at radius 1 is 0.826 bits per heavy atom. The van der Waals surface area contributed by atoms with Crippen LogP contribution in [0.25, 0.3) is 0 Å². The van der Waals surface area contributed by atoms with Gasteiger partial charge in [0.15, 0.2) is 0 Å². The van der Waals surface area contributed by atoms with E-state index in [1.165, 1.54) is 19.3 Å². The van der Waals surface area contributed by atoms with Crippen LogP contribution in [0.4, 0.5) is 0 Å². The van der Waals surface area contributed by atoms with Gasteiger partial charge in [0, 0.05) is 0 Å². The molecule has 6 heteroatoms. The smallest absolute Gasteiger partial charge is 0.748 e. The molecular weight excluding hydrogens is 339 g/mol. The summed E-state index contributed by atoms with van der Waals surface area (Å²) in [5, 5.41) is 9.03. The third-order valence-corrected chi connectivity index (χ3v) is 5.46. The van der Waals surface area contributed by atoms with Crippen molar-refractivity contribution >= 4 is 10.1 Å². The van der Waals surface area contributed by atoms with E-state index in [0.717, 1.165) is 44.9 Å². The Labute approximate surface area is 186 Å². The zero-order chi connectivity index (χ0) is 16.8. The first-order valence-electron chi connectivity index (χ1n) is 9.04. The van der Waals surface area contributed by atoms with E-state index in [9.17, 15) is 18.1 Å². The van der Waals surface area contributed by atoms with Crippen molar-refractivity contribution in [3.8, 4) is 0 Å². The van der Waals surface area contributed by atoms with Gasteiger partial charge >= 0.3 is 51.4 Å². The minimum absolute atomic E-state index is 0. The first kappa shape index (κ1) is 26.7. The Balaban J connectivity index is 0. The predicted octanol–water partition coefficient (Wildman–Crippen LogP) is 1.38. The van der Waals surface area contributed by atoms with Crippen molar-refractivity contribution in [1.29, 1.82) is 0 Å². The molecule has 0 aromatic carbocycles. The molecule has 0 rings (SSSR count). The third-order valence-electron chi connectivity index (χ3n) is 4.21. The number of hydrogen-bond acceptors (Lipinski definition) is 4. The van der Waals surface area contributed by atoms with Crippen molar-refractivity contribution in [2.45, 2.75) is 109 Å². The van der Waals surface area contributed by atoms with E-state index in [2.05, 4.69) is 13.8 Å². The Hall–Kier alpha value is 1.51. The summed E-state index contributed by atoms with van der Waals surface area (Å²) in [6.45, 7) is 4.28. The number of aliphatic hydroxyl groups excluding tert-OH is 1. The molecule has 0 radical (unpaired) electrons. The second kappa shape index (κ2) is 16.9. The van der Waals surface area contributed by atoms with Gasteiger partial charge in [-0.15, -0.1) is 0 Å². The average molecular weight is 375 g/mol. The van der Waals surface area contributed by atoms with E-state index in [1.807, 2.05) is 0 Å². The maximum atomic E-state index is 11.3. The van der Waals surface area contributed by atoms with Crippen molar-refractivity contribution in [3.05, 3.63) is 0 Å². The molecule has 0 aliphatic heterocycles. The summed E-state index contributed by atoms with van der Waals surface area (Å²) in [5.41, 5.74) is 0. The summed E-state index contributed by atoms with van der Waals surface area (Å²) in [5.74, 6) is 0. The molecule has 0 spiro atoms. The molecule has 0 aromatic heterocycles. The Bertz CT molecular complexity index is 347. The van der Waals surface area contributed by atoms with Gasteiger partial charge < -0.3 is 9.66 Å². The molecule has 134 valence electrons. The molecule has 4 nitrogen and oxygen atoms in total. The maximum absolute atomic E-state index is 11.3. The molecule has 0 amide bonds. The fraction of sp³-hybridized carbons (Fsp3) is 1.00. The standard InChI is InChI=1S/C17H36O4S.K/c1-3-5-7-9-10-12-14-17(22(19,20)21)15-16(18)13-11-8-6-4-2;/h16-18H,3-15H2,1-2H3,(H,19,20,21);/q;+1/p-1. The molecule has 0 aromatic rings. The molecule has 0 saturated heterocycles. The van der Waals surface area contributed by atoms with Crippen molar-refractivity contribution in [3.63, 3.8) is 0 Å². The molecule has 23 heavy (non-hydrogen) atoms. The van der Waals surface area contributed by atoms with Crippen LogP contribution in [0.3, 0.4) is 0 Å². The van der Waals surface area contributed by atoms with E-state index < -0.39 is 21.5 Å². The molecule has 0 aliphatic rings. The fourth-order valence-electron chi connectivity index (χ4n) is 2.76. The second-order valence-electron chi connectivity index (χ2n) is 6.41. The van der Waals surface area contributed by atoms with Gasteiger partial charge in [0.25, 0.3) is 0 Å². The Morgan fingerprint density at radius 2 is 1.26 bits per heavy atom. The van der Waals surface area contributed by atoms with E-state index in [0.29, 0.717) is 12.8 Å². The Morgan fingerprint density at radius 3 is 1.78 bits per heavy atom. The molecular formula is C17H35KO4S. The largest absolute Gasteiger partial charge is 1.00 e. The fourth-order valence-corrected chi connectivity index (χ4v) is 3.67. The van der Waals surface area contributed by atoms with Gasteiger partial charge in [-0.2, -0.15) is 0 Å². The predicted molar refractivity (Wildman–Crippen MR) is 90.9 cm³/mol. The van der Waals surface area contributed by atoms with Crippen LogP contribution in [0.15, 0.2) is 0 Å². The normalized spacial score (nSPS) is 14.3. The molecule has 1 N–H and O–H groups in total. The van der Waals surface area contributed by atoms with Gasteiger partial charge in [-0.3, -0.25) is 0 Å². The molecule has 0 aliphatic carbocycles. The zero-order valence-electron chi connectivity index (χ0n) is 15.4. The van der Waals surface area contributed by atoms with E-state index in [-0.39, 0.29) is 57.8 Å². The van der Waals surface area contributed by atoms with Crippen LogP contribution >= 0.6 is 0 Å². The molecule has 0 saturated carbocycles. The van der Waals surface area contributed by atoms with Crippen molar-refractivity contribution in [1.82, 2.24) is 0 Å². The second-order valence-corrected chi connectivity index (χ2v) is 8.06. The van der Waals surface area contributed by atoms with Crippen LogP contribution in [-0.2, 0) is 10.1 Å². The number of aliphatic hydroxyl groups is 1. The van der Waals surface area contributed by atoms with Crippen LogP contribution in [0.5, 0.6) is 0 Å². The summed E-state index contributed by atoms with van der Waals surface area (Å²) in [6, 6.07) is 0. The topological polar surface area (TPSA) is 77.4 Å². The van der Waals surface area contributed by atoms with Gasteiger partial charge in [-0.1, -0.05) is 78.1 Å². The monoisotopic (exact) mass is 374 g/mol. The number of unbranched alkanes of at least 4 members (excludes halogenated alkanes) is 8. The van der Waals surface area contributed by atoms with Crippen LogP contribution in [-0.4, -0.2) is 29.4 Å². The van der Waals surface area contributed by atoms with Gasteiger partial charge in [0.05, 0.1) is 21.5 Å². The summed E-state index contributed by atoms with van der Waals surface area (Å²) in [7, 11) is -4.30. The Kier molecular flexibility index (Phi) is 19.7. The minimum Gasteiger partial charge on any atom is -0.748 e. The number of rotatable bonds is 15. The zero-order valence-corrected chi connectivity index (χ0v) is 19.4. The molecule has 0 fully saturated rings. The van der Waals surface area contributed by atoms with Crippen molar-refractivity contribution in [2.75, 3.05) is 0 Å². The first-order chi connectivity index (χ1) is 10.4. The number of hydrogen-bond donors (Lipinski definition) is 1. The van der Waals surface area contributed by atoms with E-state index >= 15 is 0 Å². The summed E-state index contributed by atoms with van der Waals surface area (Å²) >= 11 is 0. The third kappa shape index (κ3) is 16.7. The molecule has 2 unspecified atom stereocenters. The summed E-state index contributed by atoms with van der Waals surface area (Å²) in [6.07, 6.45) is 11.0. The van der Waals surface area contributed by atoms with Crippen molar-refractivity contribution < 1.29 is 69.5 Å². The van der Waals surface area contributed by atoms with Crippen LogP contribution in [0.1, 0.15) is 97.3 Å². The molecule has 0 heterocycles. The molecule has 2 atom stereocenters. The van der Waals surface area contributed by atoms with Crippen LogP contribution in [0.2, 0.25) is 0 Å². The van der Waals surface area contributed by atoms with Crippen LogP contribution in [0, 0.1) is 0 Å². The first-order valence-corrected chi connectivity index (χ1v) is 10.5. The van der Waals surface area contributed by atoms with Crippen LogP contribution < -0.4 is 51.4 Å². The van der Waals surface area contributed by atoms with Gasteiger partial charge in [0.2, 0.25) is 0 Å². The van der Waals surface area contributed by atoms with Gasteiger partial charge in [0.1, 0.15) is 0 Å². The van der Waals surface area contributed by atoms with Gasteiger partial charge in [-0.05, 0) is 19.3 Å². The van der Waals surface area contributed by atoms with E-state index in [1.54, 1.807) is 0 Å². The SMILES string of the molecule is CCCCCCCCC(CC(O)CCCCCC)S(=O)(=O)[O-].[K+]. The quantitative estimate of drug-likeness (QED) is 0.267. The maximum Gasteiger partial charge on any atom is 1.00 e. The van der Waals surface area contributed by atoms with Gasteiger partial charge in [-0.25, -0.2) is 8.42 Å². The summed E-state index contributed by atoms with van der Waals surface area (Å²) < 4.78 is 34.0. The molecule has 0 bridgehead atoms. The minimum atomic E-state index is -4.30.